The number of aromatic nitrogens is 2. The van der Waals surface area contributed by atoms with Gasteiger partial charge in [0, 0.05) is 44.5 Å². The van der Waals surface area contributed by atoms with E-state index in [0.717, 1.165) is 23.4 Å². The third-order valence-corrected chi connectivity index (χ3v) is 4.74. The molecule has 0 aliphatic heterocycles. The Labute approximate surface area is 147 Å². The predicted octanol–water partition coefficient (Wildman–Crippen LogP) is 4.08. The van der Waals surface area contributed by atoms with Gasteiger partial charge in [0.2, 0.25) is 0 Å². The summed E-state index contributed by atoms with van der Waals surface area (Å²) in [7, 11) is 3.73. The van der Waals surface area contributed by atoms with Gasteiger partial charge in [-0.05, 0) is 43.2 Å². The number of fused-ring (bicyclic) bond motifs is 1. The van der Waals surface area contributed by atoms with Crippen LogP contribution in [0.3, 0.4) is 0 Å². The molecule has 3 rings (SSSR count). The molecule has 4 nitrogen and oxygen atoms in total. The van der Waals surface area contributed by atoms with Gasteiger partial charge in [0.1, 0.15) is 5.82 Å². The second kappa shape index (κ2) is 7.23. The Morgan fingerprint density at radius 3 is 2.56 bits per heavy atom. The molecule has 2 heterocycles. The monoisotopic (exact) mass is 341 g/mol. The van der Waals surface area contributed by atoms with Crippen molar-refractivity contribution >= 4 is 16.7 Å². The van der Waals surface area contributed by atoms with Crippen molar-refractivity contribution in [3.8, 4) is 0 Å². The summed E-state index contributed by atoms with van der Waals surface area (Å²) < 4.78 is 20.7. The van der Waals surface area contributed by atoms with Crippen LogP contribution in [0, 0.1) is 19.7 Å². The Bertz CT molecular complexity index is 871. The molecule has 0 saturated heterocycles. The van der Waals surface area contributed by atoms with Crippen molar-refractivity contribution in [1.29, 1.82) is 0 Å². The van der Waals surface area contributed by atoms with Gasteiger partial charge in [-0.2, -0.15) is 0 Å². The summed E-state index contributed by atoms with van der Waals surface area (Å²) in [6.07, 6.45) is 1.85. The fourth-order valence-electron chi connectivity index (χ4n) is 3.26. The van der Waals surface area contributed by atoms with E-state index in [0.29, 0.717) is 13.2 Å². The summed E-state index contributed by atoms with van der Waals surface area (Å²) in [6.45, 7) is 6.38. The number of pyridine rings is 1. The Kier molecular flexibility index (Phi) is 5.04. The summed E-state index contributed by atoms with van der Waals surface area (Å²) in [6, 6.07) is 8.68. The first-order chi connectivity index (χ1) is 12.0. The van der Waals surface area contributed by atoms with Crippen LogP contribution in [-0.4, -0.2) is 30.3 Å². The molecule has 0 aliphatic carbocycles. The molecule has 0 atom stereocenters. The lowest BCUT2D eigenvalue weighted by atomic mass is 10.2. The number of methoxy groups -OCH3 is 1. The zero-order chi connectivity index (χ0) is 18.0. The first kappa shape index (κ1) is 17.4. The molecule has 0 N–H and O–H groups in total. The highest BCUT2D eigenvalue weighted by Gasteiger charge is 2.17. The maximum atomic E-state index is 13.1. The van der Waals surface area contributed by atoms with Crippen LogP contribution < -0.4 is 4.90 Å². The van der Waals surface area contributed by atoms with Crippen molar-refractivity contribution in [1.82, 2.24) is 9.55 Å². The quantitative estimate of drug-likeness (QED) is 0.677. The number of hydrogen-bond donors (Lipinski definition) is 0. The minimum Gasteiger partial charge on any atom is -0.383 e. The van der Waals surface area contributed by atoms with E-state index >= 15 is 0 Å². The summed E-state index contributed by atoms with van der Waals surface area (Å²) in [5.41, 5.74) is 4.67. The van der Waals surface area contributed by atoms with E-state index in [4.69, 9.17) is 4.74 Å². The van der Waals surface area contributed by atoms with Crippen molar-refractivity contribution in [3.63, 3.8) is 0 Å². The van der Waals surface area contributed by atoms with Crippen molar-refractivity contribution in [2.45, 2.75) is 26.9 Å². The molecule has 1 aromatic carbocycles. The Morgan fingerprint density at radius 1 is 1.16 bits per heavy atom. The molecule has 25 heavy (non-hydrogen) atoms. The highest BCUT2D eigenvalue weighted by molar-refractivity contribution is 5.93. The molecule has 0 unspecified atom stereocenters. The zero-order valence-electron chi connectivity index (χ0n) is 15.2. The lowest BCUT2D eigenvalue weighted by molar-refractivity contribution is 0.188. The Balaban J connectivity index is 2.02. The number of hydrogen-bond acceptors (Lipinski definition) is 3. The normalized spacial score (nSPS) is 11.2. The van der Waals surface area contributed by atoms with Crippen LogP contribution in [0.4, 0.5) is 10.2 Å². The number of ether oxygens (including phenoxy) is 1. The van der Waals surface area contributed by atoms with Gasteiger partial charge < -0.3 is 14.2 Å². The second-order valence-electron chi connectivity index (χ2n) is 6.37. The number of anilines is 1. The fraction of sp³-hybridized carbons (Fsp3) is 0.350. The maximum Gasteiger partial charge on any atom is 0.153 e. The summed E-state index contributed by atoms with van der Waals surface area (Å²) >= 11 is 0. The first-order valence-corrected chi connectivity index (χ1v) is 8.42. The topological polar surface area (TPSA) is 30.3 Å². The van der Waals surface area contributed by atoms with E-state index in [2.05, 4.69) is 34.4 Å². The van der Waals surface area contributed by atoms with Crippen molar-refractivity contribution in [2.75, 3.05) is 25.7 Å². The smallest absolute Gasteiger partial charge is 0.153 e. The van der Waals surface area contributed by atoms with Gasteiger partial charge in [0.25, 0.3) is 0 Å². The van der Waals surface area contributed by atoms with Gasteiger partial charge in [-0.3, -0.25) is 0 Å². The molecular weight excluding hydrogens is 317 g/mol. The Morgan fingerprint density at radius 2 is 1.88 bits per heavy atom. The fourth-order valence-corrected chi connectivity index (χ4v) is 3.26. The van der Waals surface area contributed by atoms with Crippen molar-refractivity contribution in [3.05, 3.63) is 59.2 Å². The molecule has 0 spiro atoms. The minimum absolute atomic E-state index is 0.216. The number of rotatable bonds is 6. The van der Waals surface area contributed by atoms with Crippen LogP contribution in [0.2, 0.25) is 0 Å². The van der Waals surface area contributed by atoms with Crippen LogP contribution in [0.25, 0.3) is 10.9 Å². The lowest BCUT2D eigenvalue weighted by Gasteiger charge is -2.21. The lowest BCUT2D eigenvalue weighted by Crippen LogP contribution is -2.19. The first-order valence-electron chi connectivity index (χ1n) is 8.42. The highest BCUT2D eigenvalue weighted by atomic mass is 19.1. The second-order valence-corrected chi connectivity index (χ2v) is 6.37. The van der Waals surface area contributed by atoms with Crippen molar-refractivity contribution < 1.29 is 9.13 Å². The van der Waals surface area contributed by atoms with Crippen LogP contribution in [0.15, 0.2) is 36.5 Å². The summed E-state index contributed by atoms with van der Waals surface area (Å²) in [5, 5.41) is 1.21. The molecule has 5 heteroatoms. The average molecular weight is 341 g/mol. The highest BCUT2D eigenvalue weighted by Crippen LogP contribution is 2.31. The van der Waals surface area contributed by atoms with Crippen LogP contribution >= 0.6 is 0 Å². The van der Waals surface area contributed by atoms with Crippen LogP contribution in [0.5, 0.6) is 0 Å². The summed E-state index contributed by atoms with van der Waals surface area (Å²) in [5.74, 6) is 0.709. The van der Waals surface area contributed by atoms with E-state index in [1.165, 1.54) is 28.8 Å². The molecule has 0 bridgehead atoms. The third-order valence-electron chi connectivity index (χ3n) is 4.74. The minimum atomic E-state index is -0.216. The molecular formula is C20H24FN3O. The van der Waals surface area contributed by atoms with E-state index in [1.54, 1.807) is 7.11 Å². The molecule has 132 valence electrons. The van der Waals surface area contributed by atoms with Gasteiger partial charge in [0.15, 0.2) is 5.82 Å². The standard InChI is InChI=1S/C20H24FN3O/c1-14-15(2)24(11-12-25-4)19-18(14)9-10-22-20(19)23(3)13-16-5-7-17(21)8-6-16/h5-10H,11-13H2,1-4H3. The molecule has 0 amide bonds. The maximum absolute atomic E-state index is 13.1. The summed E-state index contributed by atoms with van der Waals surface area (Å²) in [4.78, 5) is 6.74. The number of aryl methyl sites for hydroxylation is 1. The number of benzene rings is 1. The molecule has 0 aliphatic rings. The number of halogens is 1. The molecule has 2 aromatic heterocycles. The van der Waals surface area contributed by atoms with E-state index in [9.17, 15) is 4.39 Å². The number of nitrogens with zero attached hydrogens (tertiary/aromatic N) is 3. The largest absolute Gasteiger partial charge is 0.383 e. The van der Waals surface area contributed by atoms with Gasteiger partial charge in [-0.15, -0.1) is 0 Å². The third kappa shape index (κ3) is 3.37. The molecule has 3 aromatic rings. The molecule has 0 saturated carbocycles. The van der Waals surface area contributed by atoms with Gasteiger partial charge in [-0.25, -0.2) is 9.37 Å². The Hall–Kier alpha value is -2.40. The van der Waals surface area contributed by atoms with Crippen molar-refractivity contribution in [2.24, 2.45) is 0 Å². The van der Waals surface area contributed by atoms with E-state index < -0.39 is 0 Å². The van der Waals surface area contributed by atoms with Gasteiger partial charge >= 0.3 is 0 Å². The van der Waals surface area contributed by atoms with Gasteiger partial charge in [-0.1, -0.05) is 12.1 Å². The van der Waals surface area contributed by atoms with E-state index in [-0.39, 0.29) is 5.82 Å². The predicted molar refractivity (Wildman–Crippen MR) is 99.6 cm³/mol. The van der Waals surface area contributed by atoms with Gasteiger partial charge in [0.05, 0.1) is 12.1 Å². The van der Waals surface area contributed by atoms with Crippen LogP contribution in [-0.2, 0) is 17.8 Å². The average Bonchev–Trinajstić information content (AvgIpc) is 2.86. The van der Waals surface area contributed by atoms with E-state index in [1.807, 2.05) is 25.4 Å². The van der Waals surface area contributed by atoms with Crippen LogP contribution in [0.1, 0.15) is 16.8 Å². The molecule has 0 fully saturated rings. The molecule has 0 radical (unpaired) electrons. The SMILES string of the molecule is COCCn1c(C)c(C)c2ccnc(N(C)Cc3ccc(F)cc3)c21. The zero-order valence-corrected chi connectivity index (χ0v) is 15.2.